The van der Waals surface area contributed by atoms with Gasteiger partial charge in [-0.15, -0.1) is 11.8 Å². The molecule has 4 nitrogen and oxygen atoms in total. The van der Waals surface area contributed by atoms with E-state index >= 15 is 0 Å². The van der Waals surface area contributed by atoms with E-state index in [0.717, 1.165) is 17.9 Å². The molecular weight excluding hydrogens is 284 g/mol. The molecule has 1 amide bonds. The van der Waals surface area contributed by atoms with Crippen LogP contribution in [0, 0.1) is 6.92 Å². The van der Waals surface area contributed by atoms with Gasteiger partial charge in [-0.3, -0.25) is 4.79 Å². The molecule has 0 saturated heterocycles. The largest absolute Gasteiger partial charge is 0.504 e. The van der Waals surface area contributed by atoms with Crippen LogP contribution in [0.4, 0.5) is 5.82 Å². The van der Waals surface area contributed by atoms with Gasteiger partial charge in [0.2, 0.25) is 5.91 Å². The third-order valence-corrected chi connectivity index (χ3v) is 3.93. The zero-order chi connectivity index (χ0) is 15.1. The second-order valence-corrected chi connectivity index (χ2v) is 5.80. The van der Waals surface area contributed by atoms with E-state index in [4.69, 9.17) is 0 Å². The molecule has 0 spiro atoms. The van der Waals surface area contributed by atoms with Crippen molar-refractivity contribution in [1.82, 2.24) is 4.98 Å². The van der Waals surface area contributed by atoms with E-state index in [1.54, 1.807) is 17.8 Å². The molecule has 1 aromatic carbocycles. The van der Waals surface area contributed by atoms with Crippen LogP contribution in [0.3, 0.4) is 0 Å². The number of carbonyl (C=O) groups excluding carboxylic acids is 1. The lowest BCUT2D eigenvalue weighted by Crippen LogP contribution is -2.13. The first-order valence-electron chi connectivity index (χ1n) is 6.79. The number of nitrogens with one attached hydrogen (secondary N) is 1. The number of amides is 1. The SMILES string of the molecule is Cc1ccc(O)c(NC(=O)CCCSc2ccccc2)n1. The molecule has 2 rings (SSSR count). The van der Waals surface area contributed by atoms with Crippen molar-refractivity contribution in [3.8, 4) is 5.75 Å². The number of aromatic nitrogens is 1. The smallest absolute Gasteiger partial charge is 0.225 e. The number of carbonyl (C=O) groups is 1. The van der Waals surface area contributed by atoms with Gasteiger partial charge in [0.15, 0.2) is 11.6 Å². The summed E-state index contributed by atoms with van der Waals surface area (Å²) in [5, 5.41) is 12.3. The molecule has 2 aromatic rings. The molecule has 0 saturated carbocycles. The fraction of sp³-hybridized carbons (Fsp3) is 0.250. The Morgan fingerprint density at radius 2 is 2.00 bits per heavy atom. The van der Waals surface area contributed by atoms with Gasteiger partial charge in [-0.2, -0.15) is 0 Å². The molecule has 5 heteroatoms. The van der Waals surface area contributed by atoms with Crippen molar-refractivity contribution in [2.75, 3.05) is 11.1 Å². The van der Waals surface area contributed by atoms with Crippen molar-refractivity contribution in [2.45, 2.75) is 24.7 Å². The Morgan fingerprint density at radius 3 is 2.76 bits per heavy atom. The van der Waals surface area contributed by atoms with Gasteiger partial charge in [-0.05, 0) is 43.4 Å². The minimum absolute atomic E-state index is 0.00684. The van der Waals surface area contributed by atoms with E-state index < -0.39 is 0 Å². The second kappa shape index (κ2) is 7.69. The first kappa shape index (κ1) is 15.4. The number of benzene rings is 1. The summed E-state index contributed by atoms with van der Waals surface area (Å²) in [6.45, 7) is 1.81. The van der Waals surface area contributed by atoms with Gasteiger partial charge in [-0.25, -0.2) is 4.98 Å². The fourth-order valence-electron chi connectivity index (χ4n) is 1.78. The Morgan fingerprint density at radius 1 is 1.24 bits per heavy atom. The highest BCUT2D eigenvalue weighted by Gasteiger charge is 2.08. The molecule has 0 aliphatic heterocycles. The number of hydrogen-bond donors (Lipinski definition) is 2. The lowest BCUT2D eigenvalue weighted by atomic mass is 10.3. The van der Waals surface area contributed by atoms with Crippen LogP contribution in [0.5, 0.6) is 5.75 Å². The van der Waals surface area contributed by atoms with E-state index in [-0.39, 0.29) is 17.5 Å². The van der Waals surface area contributed by atoms with Crippen molar-refractivity contribution in [2.24, 2.45) is 0 Å². The average Bonchev–Trinajstić information content (AvgIpc) is 2.48. The molecule has 0 aliphatic rings. The van der Waals surface area contributed by atoms with Gasteiger partial charge >= 0.3 is 0 Å². The summed E-state index contributed by atoms with van der Waals surface area (Å²) in [5.41, 5.74) is 0.753. The minimum atomic E-state index is -0.128. The van der Waals surface area contributed by atoms with Crippen molar-refractivity contribution < 1.29 is 9.90 Å². The summed E-state index contributed by atoms with van der Waals surface area (Å²) in [7, 11) is 0. The van der Waals surface area contributed by atoms with Gasteiger partial charge in [0, 0.05) is 17.0 Å². The quantitative estimate of drug-likeness (QED) is 0.632. The number of aromatic hydroxyl groups is 1. The third kappa shape index (κ3) is 5.11. The highest BCUT2D eigenvalue weighted by Crippen LogP contribution is 2.21. The van der Waals surface area contributed by atoms with Crippen LogP contribution in [0.25, 0.3) is 0 Å². The maximum atomic E-state index is 11.8. The molecule has 110 valence electrons. The monoisotopic (exact) mass is 302 g/mol. The Balaban J connectivity index is 1.74. The molecule has 0 aliphatic carbocycles. The second-order valence-electron chi connectivity index (χ2n) is 4.63. The zero-order valence-electron chi connectivity index (χ0n) is 11.9. The Hall–Kier alpha value is -2.01. The van der Waals surface area contributed by atoms with Crippen LogP contribution in [0.15, 0.2) is 47.4 Å². The van der Waals surface area contributed by atoms with Gasteiger partial charge in [-0.1, -0.05) is 18.2 Å². The Bertz CT molecular complexity index is 602. The van der Waals surface area contributed by atoms with Crippen molar-refractivity contribution in [1.29, 1.82) is 0 Å². The van der Waals surface area contributed by atoms with Gasteiger partial charge in [0.25, 0.3) is 0 Å². The van der Waals surface area contributed by atoms with Crippen molar-refractivity contribution in [3.05, 3.63) is 48.2 Å². The molecule has 0 bridgehead atoms. The molecule has 0 atom stereocenters. The number of rotatable bonds is 6. The maximum Gasteiger partial charge on any atom is 0.225 e. The van der Waals surface area contributed by atoms with Crippen LogP contribution in [-0.2, 0) is 4.79 Å². The van der Waals surface area contributed by atoms with Crippen LogP contribution in [-0.4, -0.2) is 21.8 Å². The minimum Gasteiger partial charge on any atom is -0.504 e. The van der Waals surface area contributed by atoms with Crippen LogP contribution < -0.4 is 5.32 Å². The summed E-state index contributed by atoms with van der Waals surface area (Å²) < 4.78 is 0. The lowest BCUT2D eigenvalue weighted by Gasteiger charge is -2.07. The molecule has 0 fully saturated rings. The van der Waals surface area contributed by atoms with E-state index in [1.807, 2.05) is 25.1 Å². The van der Waals surface area contributed by atoms with Crippen LogP contribution in [0.2, 0.25) is 0 Å². The highest BCUT2D eigenvalue weighted by molar-refractivity contribution is 7.99. The molecule has 1 heterocycles. The summed E-state index contributed by atoms with van der Waals surface area (Å²) >= 11 is 1.73. The van der Waals surface area contributed by atoms with E-state index in [2.05, 4.69) is 22.4 Å². The lowest BCUT2D eigenvalue weighted by molar-refractivity contribution is -0.116. The molecular formula is C16H18N2O2S. The first-order valence-corrected chi connectivity index (χ1v) is 7.78. The predicted molar refractivity (Wildman–Crippen MR) is 85.7 cm³/mol. The van der Waals surface area contributed by atoms with Crippen LogP contribution >= 0.6 is 11.8 Å². The molecule has 21 heavy (non-hydrogen) atoms. The number of thioether (sulfide) groups is 1. The number of aryl methyl sites for hydroxylation is 1. The number of hydrogen-bond acceptors (Lipinski definition) is 4. The van der Waals surface area contributed by atoms with Gasteiger partial charge in [0.05, 0.1) is 0 Å². The summed E-state index contributed by atoms with van der Waals surface area (Å²) in [6, 6.07) is 13.3. The molecule has 0 radical (unpaired) electrons. The van der Waals surface area contributed by atoms with Crippen LogP contribution in [0.1, 0.15) is 18.5 Å². The Labute approximate surface area is 128 Å². The fourth-order valence-corrected chi connectivity index (χ4v) is 2.65. The molecule has 1 aromatic heterocycles. The normalized spacial score (nSPS) is 10.3. The summed E-state index contributed by atoms with van der Waals surface area (Å²) in [5.74, 6) is 0.977. The van der Waals surface area contributed by atoms with E-state index in [9.17, 15) is 9.90 Å². The zero-order valence-corrected chi connectivity index (χ0v) is 12.7. The number of pyridine rings is 1. The van der Waals surface area contributed by atoms with Crippen molar-refractivity contribution >= 4 is 23.5 Å². The van der Waals surface area contributed by atoms with E-state index in [1.165, 1.54) is 11.0 Å². The molecule has 2 N–H and O–H groups in total. The van der Waals surface area contributed by atoms with Gasteiger partial charge < -0.3 is 10.4 Å². The highest BCUT2D eigenvalue weighted by atomic mass is 32.2. The third-order valence-electron chi connectivity index (χ3n) is 2.83. The summed E-state index contributed by atoms with van der Waals surface area (Å²) in [6.07, 6.45) is 1.19. The molecule has 0 unspecified atom stereocenters. The standard InChI is InChI=1S/C16H18N2O2S/c1-12-9-10-14(19)16(17-12)18-15(20)8-5-11-21-13-6-3-2-4-7-13/h2-4,6-7,9-10,19H,5,8,11H2,1H3,(H,17,18,20). The predicted octanol–water partition coefficient (Wildman–Crippen LogP) is 3.61. The van der Waals surface area contributed by atoms with E-state index in [0.29, 0.717) is 6.42 Å². The number of anilines is 1. The average molecular weight is 302 g/mol. The van der Waals surface area contributed by atoms with Crippen molar-refractivity contribution in [3.63, 3.8) is 0 Å². The summed E-state index contributed by atoms with van der Waals surface area (Å²) in [4.78, 5) is 17.1. The van der Waals surface area contributed by atoms with Gasteiger partial charge in [0.1, 0.15) is 0 Å². The topological polar surface area (TPSA) is 62.2 Å². The maximum absolute atomic E-state index is 11.8. The Kier molecular flexibility index (Phi) is 5.63. The first-order chi connectivity index (χ1) is 10.1. The number of nitrogens with zero attached hydrogens (tertiary/aromatic N) is 1.